The van der Waals surface area contributed by atoms with Gasteiger partial charge < -0.3 is 19.7 Å². The molecule has 2 aromatic rings. The van der Waals surface area contributed by atoms with Crippen molar-refractivity contribution >= 4 is 30.9 Å². The molecule has 0 fully saturated rings. The molecule has 0 aliphatic heterocycles. The molecule has 0 bridgehead atoms. The molecular formula is C17H28ClN2O3P. The Bertz CT molecular complexity index is 720. The predicted octanol–water partition coefficient (Wildman–Crippen LogP) is 3.89. The Balaban J connectivity index is 0.00000288. The first-order chi connectivity index (χ1) is 10.8. The van der Waals surface area contributed by atoms with E-state index in [0.717, 1.165) is 35.1 Å². The largest absolute Gasteiger partial charge is 0.358 e. The van der Waals surface area contributed by atoms with Gasteiger partial charge in [-0.1, -0.05) is 32.0 Å². The van der Waals surface area contributed by atoms with E-state index in [0.29, 0.717) is 12.8 Å². The van der Waals surface area contributed by atoms with Crippen LogP contribution in [0.25, 0.3) is 10.9 Å². The molecule has 2 rings (SSSR count). The molecule has 1 aromatic heterocycles. The highest BCUT2D eigenvalue weighted by molar-refractivity contribution is 7.53. The summed E-state index contributed by atoms with van der Waals surface area (Å²) in [5, 5.41) is -0.206. The van der Waals surface area contributed by atoms with Gasteiger partial charge in [-0.25, -0.2) is 0 Å². The van der Waals surface area contributed by atoms with Crippen LogP contribution in [-0.4, -0.2) is 40.3 Å². The van der Waals surface area contributed by atoms with Crippen molar-refractivity contribution in [2.45, 2.75) is 38.3 Å². The van der Waals surface area contributed by atoms with E-state index in [2.05, 4.69) is 9.88 Å². The van der Waals surface area contributed by atoms with E-state index in [9.17, 15) is 14.4 Å². The fourth-order valence-electron chi connectivity index (χ4n) is 3.41. The Kier molecular flexibility index (Phi) is 7.09. The molecule has 1 heterocycles. The molecule has 0 aliphatic rings. The first kappa shape index (κ1) is 21.2. The van der Waals surface area contributed by atoms with Gasteiger partial charge in [0.05, 0.1) is 5.16 Å². The summed E-state index contributed by atoms with van der Waals surface area (Å²) < 4.78 is 12.4. The van der Waals surface area contributed by atoms with Gasteiger partial charge in [-0.05, 0) is 38.6 Å². The molecule has 0 aliphatic carbocycles. The highest BCUT2D eigenvalue weighted by Gasteiger charge is 2.48. The van der Waals surface area contributed by atoms with Gasteiger partial charge in [0.1, 0.15) is 0 Å². The second-order valence-corrected chi connectivity index (χ2v) is 8.30. The zero-order chi connectivity index (χ0) is 17.3. The van der Waals surface area contributed by atoms with Crippen LogP contribution < -0.4 is 0 Å². The van der Waals surface area contributed by atoms with Crippen LogP contribution in [0, 0.1) is 0 Å². The van der Waals surface area contributed by atoms with Crippen molar-refractivity contribution in [3.05, 3.63) is 35.5 Å². The number of aromatic amines is 1. The number of benzene rings is 1. The van der Waals surface area contributed by atoms with Crippen LogP contribution >= 0.6 is 20.0 Å². The SMILES string of the molecule is CCC(CC)(c1c(CCN(C)C)[nH]c2ccccc12)P(=O)(O)O.Cl. The molecule has 0 unspecified atom stereocenters. The zero-order valence-electron chi connectivity index (χ0n) is 14.7. The number of aromatic nitrogens is 1. The summed E-state index contributed by atoms with van der Waals surface area (Å²) in [5.41, 5.74) is 2.68. The third-order valence-corrected chi connectivity index (χ3v) is 6.76. The molecule has 0 amide bonds. The van der Waals surface area contributed by atoms with Crippen molar-refractivity contribution in [3.63, 3.8) is 0 Å². The number of H-pyrrole nitrogens is 1. The number of para-hydroxylation sites is 1. The molecule has 3 N–H and O–H groups in total. The molecule has 5 nitrogen and oxygen atoms in total. The molecule has 7 heteroatoms. The highest BCUT2D eigenvalue weighted by atomic mass is 35.5. The molecule has 0 radical (unpaired) electrons. The average Bonchev–Trinajstić information content (AvgIpc) is 2.85. The lowest BCUT2D eigenvalue weighted by atomic mass is 9.89. The Morgan fingerprint density at radius 1 is 1.17 bits per heavy atom. The summed E-state index contributed by atoms with van der Waals surface area (Å²) in [6.45, 7) is 4.55. The van der Waals surface area contributed by atoms with Crippen molar-refractivity contribution < 1.29 is 14.4 Å². The molecule has 0 atom stereocenters. The molecule has 24 heavy (non-hydrogen) atoms. The van der Waals surface area contributed by atoms with Gasteiger partial charge in [-0.15, -0.1) is 12.4 Å². The lowest BCUT2D eigenvalue weighted by Gasteiger charge is -2.33. The molecule has 1 aromatic carbocycles. The van der Waals surface area contributed by atoms with Crippen LogP contribution in [0.3, 0.4) is 0 Å². The third kappa shape index (κ3) is 3.71. The third-order valence-electron chi connectivity index (χ3n) is 4.79. The summed E-state index contributed by atoms with van der Waals surface area (Å²) >= 11 is 0. The van der Waals surface area contributed by atoms with Crippen LogP contribution in [0.5, 0.6) is 0 Å². The van der Waals surface area contributed by atoms with Gasteiger partial charge in [-0.2, -0.15) is 0 Å². The van der Waals surface area contributed by atoms with Crippen molar-refractivity contribution in [2.24, 2.45) is 0 Å². The predicted molar refractivity (Wildman–Crippen MR) is 102 cm³/mol. The number of nitrogens with zero attached hydrogens (tertiary/aromatic N) is 1. The van der Waals surface area contributed by atoms with Crippen molar-refractivity contribution in [3.8, 4) is 0 Å². The summed E-state index contributed by atoms with van der Waals surface area (Å²) in [6.07, 6.45) is 1.55. The smallest absolute Gasteiger partial charge is 0.336 e. The molecule has 136 valence electrons. The second kappa shape index (κ2) is 8.03. The normalized spacial score (nSPS) is 12.6. The van der Waals surface area contributed by atoms with Gasteiger partial charge in [0.15, 0.2) is 0 Å². The molecule has 0 saturated carbocycles. The Hall–Kier alpha value is -0.840. The number of nitrogens with one attached hydrogen (secondary N) is 1. The zero-order valence-corrected chi connectivity index (χ0v) is 16.5. The van der Waals surface area contributed by atoms with Gasteiger partial charge in [0, 0.05) is 29.6 Å². The van der Waals surface area contributed by atoms with Crippen LogP contribution in [0.15, 0.2) is 24.3 Å². The van der Waals surface area contributed by atoms with E-state index in [1.54, 1.807) is 0 Å². The van der Waals surface area contributed by atoms with Gasteiger partial charge in [0.2, 0.25) is 0 Å². The summed E-state index contributed by atoms with van der Waals surface area (Å²) in [5.74, 6) is 0. The maximum absolute atomic E-state index is 12.4. The fourth-order valence-corrected chi connectivity index (χ4v) is 4.78. The summed E-state index contributed by atoms with van der Waals surface area (Å²) in [4.78, 5) is 25.8. The lowest BCUT2D eigenvalue weighted by Crippen LogP contribution is -2.26. The molecule has 0 saturated heterocycles. The topological polar surface area (TPSA) is 76.6 Å². The standard InChI is InChI=1S/C17H27N2O3P.ClH/c1-5-17(6-2,23(20,21)22)16-13-9-7-8-10-14(13)18-15(16)11-12-19(3)4;/h7-10,18H,5-6,11-12H2,1-4H3,(H2,20,21,22);1H. The minimum absolute atomic E-state index is 0. The van der Waals surface area contributed by atoms with E-state index in [-0.39, 0.29) is 12.4 Å². The van der Waals surface area contributed by atoms with E-state index < -0.39 is 12.8 Å². The van der Waals surface area contributed by atoms with E-state index in [1.165, 1.54) is 0 Å². The lowest BCUT2D eigenvalue weighted by molar-refractivity contribution is 0.315. The number of hydrogen-bond donors (Lipinski definition) is 3. The van der Waals surface area contributed by atoms with Crippen molar-refractivity contribution in [1.82, 2.24) is 9.88 Å². The van der Waals surface area contributed by atoms with Crippen LogP contribution in [0.2, 0.25) is 0 Å². The van der Waals surface area contributed by atoms with Crippen LogP contribution in [0.4, 0.5) is 0 Å². The minimum atomic E-state index is -4.31. The summed E-state index contributed by atoms with van der Waals surface area (Å²) in [6, 6.07) is 7.78. The number of hydrogen-bond acceptors (Lipinski definition) is 2. The maximum atomic E-state index is 12.4. The average molecular weight is 375 g/mol. The first-order valence-electron chi connectivity index (χ1n) is 8.07. The van der Waals surface area contributed by atoms with E-state index >= 15 is 0 Å². The van der Waals surface area contributed by atoms with E-state index in [4.69, 9.17) is 0 Å². The number of halogens is 1. The number of likely N-dealkylation sites (N-methyl/N-ethyl adjacent to an activating group) is 1. The number of rotatable bonds is 7. The number of fused-ring (bicyclic) bond motifs is 1. The summed E-state index contributed by atoms with van der Waals surface area (Å²) in [7, 11) is -0.311. The second-order valence-electron chi connectivity index (χ2n) is 6.36. The van der Waals surface area contributed by atoms with Crippen LogP contribution in [0.1, 0.15) is 37.9 Å². The Morgan fingerprint density at radius 3 is 2.25 bits per heavy atom. The van der Waals surface area contributed by atoms with E-state index in [1.807, 2.05) is 52.2 Å². The van der Waals surface area contributed by atoms with Crippen LogP contribution in [-0.2, 0) is 16.1 Å². The Labute approximate surface area is 150 Å². The molecule has 0 spiro atoms. The quantitative estimate of drug-likeness (QED) is 0.643. The monoisotopic (exact) mass is 374 g/mol. The molecular weight excluding hydrogens is 347 g/mol. The van der Waals surface area contributed by atoms with Crippen molar-refractivity contribution in [1.29, 1.82) is 0 Å². The van der Waals surface area contributed by atoms with Gasteiger partial charge in [-0.3, -0.25) is 4.57 Å². The van der Waals surface area contributed by atoms with Gasteiger partial charge >= 0.3 is 7.60 Å². The minimum Gasteiger partial charge on any atom is -0.358 e. The highest BCUT2D eigenvalue weighted by Crippen LogP contribution is 2.62. The van der Waals surface area contributed by atoms with Crippen molar-refractivity contribution in [2.75, 3.05) is 20.6 Å². The van der Waals surface area contributed by atoms with Gasteiger partial charge in [0.25, 0.3) is 0 Å². The fraction of sp³-hybridized carbons (Fsp3) is 0.529. The Morgan fingerprint density at radius 2 is 1.75 bits per heavy atom. The first-order valence-corrected chi connectivity index (χ1v) is 9.68. The maximum Gasteiger partial charge on any atom is 0.336 e.